The number of aliphatic hydroxyl groups is 2. The van der Waals surface area contributed by atoms with Crippen molar-refractivity contribution in [2.24, 2.45) is 0 Å². The van der Waals surface area contributed by atoms with Crippen LogP contribution in [0.2, 0.25) is 0 Å². The van der Waals surface area contributed by atoms with Crippen LogP contribution >= 0.6 is 0 Å². The molecule has 2 amide bonds. The molecule has 0 bridgehead atoms. The van der Waals surface area contributed by atoms with Crippen molar-refractivity contribution in [1.82, 2.24) is 0 Å². The van der Waals surface area contributed by atoms with Gasteiger partial charge in [0.15, 0.2) is 0 Å². The Labute approximate surface area is 179 Å². The predicted molar refractivity (Wildman–Crippen MR) is 115 cm³/mol. The number of rotatable bonds is 6. The van der Waals surface area contributed by atoms with Crippen LogP contribution in [0.3, 0.4) is 0 Å². The minimum Gasteiger partial charge on any atom is -0.410 e. The van der Waals surface area contributed by atoms with Crippen molar-refractivity contribution in [2.75, 3.05) is 10.6 Å². The van der Waals surface area contributed by atoms with E-state index in [1.54, 1.807) is 73.7 Å². The Hall–Kier alpha value is -3.88. The van der Waals surface area contributed by atoms with E-state index >= 15 is 0 Å². The molecule has 0 unspecified atom stereocenters. The molecular formula is C23H22N2O6. The van der Waals surface area contributed by atoms with Crippen LogP contribution in [-0.4, -0.2) is 22.4 Å². The maximum atomic E-state index is 12.2. The number of anilines is 2. The predicted octanol–water partition coefficient (Wildman–Crippen LogP) is 4.20. The standard InChI is InChI=1S/C23H22N2O6/c1-15-2-7-18(24-22(28)30-19-8-3-16(13-26)4-9-19)12-21(15)25-23(29)31-20-10-5-17(14-27)6-11-20/h2-12,26-27H,13-14H2,1H3,(H,24,28)(H,25,29). The molecule has 160 valence electrons. The van der Waals surface area contributed by atoms with Gasteiger partial charge in [-0.3, -0.25) is 10.6 Å². The van der Waals surface area contributed by atoms with Crippen molar-refractivity contribution >= 4 is 23.6 Å². The van der Waals surface area contributed by atoms with E-state index in [2.05, 4.69) is 10.6 Å². The van der Waals surface area contributed by atoms with Crippen molar-refractivity contribution in [2.45, 2.75) is 20.1 Å². The van der Waals surface area contributed by atoms with E-state index in [1.807, 2.05) is 0 Å². The van der Waals surface area contributed by atoms with Gasteiger partial charge in [-0.15, -0.1) is 0 Å². The second-order valence-corrected chi connectivity index (χ2v) is 6.66. The molecule has 0 aromatic heterocycles. The van der Waals surface area contributed by atoms with Gasteiger partial charge < -0.3 is 19.7 Å². The SMILES string of the molecule is Cc1ccc(NC(=O)Oc2ccc(CO)cc2)cc1NC(=O)Oc1ccc(CO)cc1. The summed E-state index contributed by atoms with van der Waals surface area (Å²) >= 11 is 0. The molecule has 0 atom stereocenters. The van der Waals surface area contributed by atoms with E-state index in [0.717, 1.165) is 5.56 Å². The number of amides is 2. The molecule has 0 fully saturated rings. The van der Waals surface area contributed by atoms with Crippen molar-refractivity contribution in [3.8, 4) is 11.5 Å². The Balaban J connectivity index is 1.60. The quantitative estimate of drug-likeness (QED) is 0.473. The molecule has 4 N–H and O–H groups in total. The average molecular weight is 422 g/mol. The van der Waals surface area contributed by atoms with E-state index in [0.29, 0.717) is 34.0 Å². The zero-order valence-electron chi connectivity index (χ0n) is 16.8. The largest absolute Gasteiger partial charge is 0.417 e. The smallest absolute Gasteiger partial charge is 0.410 e. The Bertz CT molecular complexity index is 1050. The normalized spacial score (nSPS) is 10.3. The molecule has 8 nitrogen and oxygen atoms in total. The van der Waals surface area contributed by atoms with E-state index in [4.69, 9.17) is 19.7 Å². The van der Waals surface area contributed by atoms with Gasteiger partial charge in [-0.25, -0.2) is 9.59 Å². The van der Waals surface area contributed by atoms with Crippen LogP contribution in [0.5, 0.6) is 11.5 Å². The summed E-state index contributed by atoms with van der Waals surface area (Å²) < 4.78 is 10.4. The van der Waals surface area contributed by atoms with Gasteiger partial charge >= 0.3 is 12.2 Å². The number of hydrogen-bond donors (Lipinski definition) is 4. The summed E-state index contributed by atoms with van der Waals surface area (Å²) in [6.07, 6.45) is -1.39. The molecule has 0 aliphatic heterocycles. The first-order valence-electron chi connectivity index (χ1n) is 9.45. The van der Waals surface area contributed by atoms with Crippen molar-refractivity contribution in [3.05, 3.63) is 83.4 Å². The third-order valence-electron chi connectivity index (χ3n) is 4.35. The highest BCUT2D eigenvalue weighted by Crippen LogP contribution is 2.22. The summed E-state index contributed by atoms with van der Waals surface area (Å²) in [5.74, 6) is 0.661. The first kappa shape index (κ1) is 21.8. The van der Waals surface area contributed by atoms with Gasteiger partial charge in [-0.2, -0.15) is 0 Å². The molecule has 0 saturated carbocycles. The van der Waals surface area contributed by atoms with Crippen molar-refractivity contribution in [3.63, 3.8) is 0 Å². The van der Waals surface area contributed by atoms with E-state index < -0.39 is 12.2 Å². The minimum absolute atomic E-state index is 0.0952. The summed E-state index contributed by atoms with van der Waals surface area (Å²) in [6.45, 7) is 1.61. The van der Waals surface area contributed by atoms with E-state index in [9.17, 15) is 9.59 Å². The van der Waals surface area contributed by atoms with E-state index in [1.165, 1.54) is 0 Å². The fourth-order valence-electron chi connectivity index (χ4n) is 2.65. The number of aryl methyl sites for hydroxylation is 1. The lowest BCUT2D eigenvalue weighted by atomic mass is 10.2. The van der Waals surface area contributed by atoms with Gasteiger partial charge in [0.1, 0.15) is 11.5 Å². The summed E-state index contributed by atoms with van der Waals surface area (Å²) in [6, 6.07) is 17.9. The number of carbonyl (C=O) groups is 2. The molecule has 3 rings (SSSR count). The summed E-state index contributed by atoms with van der Waals surface area (Å²) in [5.41, 5.74) is 3.06. The zero-order valence-corrected chi connectivity index (χ0v) is 16.8. The second-order valence-electron chi connectivity index (χ2n) is 6.66. The number of ether oxygens (including phenoxy) is 2. The topological polar surface area (TPSA) is 117 Å². The van der Waals surface area contributed by atoms with Crippen molar-refractivity contribution < 1.29 is 29.3 Å². The summed E-state index contributed by atoms with van der Waals surface area (Å²) in [5, 5.41) is 23.3. The molecule has 0 radical (unpaired) electrons. The van der Waals surface area contributed by atoms with Crippen LogP contribution in [0, 0.1) is 6.92 Å². The molecule has 31 heavy (non-hydrogen) atoms. The molecule has 0 saturated heterocycles. The van der Waals surface area contributed by atoms with Crippen LogP contribution in [0.4, 0.5) is 21.0 Å². The molecular weight excluding hydrogens is 400 g/mol. The Morgan fingerprint density at radius 3 is 1.71 bits per heavy atom. The second kappa shape index (κ2) is 10.2. The molecule has 8 heteroatoms. The highest BCUT2D eigenvalue weighted by molar-refractivity contribution is 5.91. The summed E-state index contributed by atoms with van der Waals surface area (Å²) in [7, 11) is 0. The molecule has 0 aliphatic rings. The van der Waals surface area contributed by atoms with Gasteiger partial charge in [0, 0.05) is 11.4 Å². The Morgan fingerprint density at radius 2 is 1.23 bits per heavy atom. The Morgan fingerprint density at radius 1 is 0.742 bits per heavy atom. The lowest BCUT2D eigenvalue weighted by molar-refractivity contribution is 0.214. The Kier molecular flexibility index (Phi) is 7.21. The van der Waals surface area contributed by atoms with E-state index in [-0.39, 0.29) is 13.2 Å². The highest BCUT2D eigenvalue weighted by Gasteiger charge is 2.11. The molecule has 3 aromatic rings. The van der Waals surface area contributed by atoms with Gasteiger partial charge in [-0.05, 0) is 60.0 Å². The fourth-order valence-corrected chi connectivity index (χ4v) is 2.65. The molecule has 0 heterocycles. The van der Waals surface area contributed by atoms with Crippen LogP contribution in [0.1, 0.15) is 16.7 Å². The van der Waals surface area contributed by atoms with Crippen LogP contribution in [0.15, 0.2) is 66.7 Å². The number of nitrogens with one attached hydrogen (secondary N) is 2. The summed E-state index contributed by atoms with van der Waals surface area (Å²) in [4.78, 5) is 24.3. The van der Waals surface area contributed by atoms with Crippen molar-refractivity contribution in [1.29, 1.82) is 0 Å². The first-order chi connectivity index (χ1) is 15.0. The molecule has 0 aliphatic carbocycles. The zero-order chi connectivity index (χ0) is 22.2. The third kappa shape index (κ3) is 6.30. The third-order valence-corrected chi connectivity index (χ3v) is 4.35. The van der Waals surface area contributed by atoms with Gasteiger partial charge in [-0.1, -0.05) is 30.3 Å². The fraction of sp³-hybridized carbons (Fsp3) is 0.130. The lowest BCUT2D eigenvalue weighted by Crippen LogP contribution is -2.19. The van der Waals surface area contributed by atoms with Gasteiger partial charge in [0.05, 0.1) is 13.2 Å². The van der Waals surface area contributed by atoms with Crippen LogP contribution in [0.25, 0.3) is 0 Å². The first-order valence-corrected chi connectivity index (χ1v) is 9.45. The molecule has 0 spiro atoms. The maximum Gasteiger partial charge on any atom is 0.417 e. The number of aliphatic hydroxyl groups excluding tert-OH is 2. The number of benzene rings is 3. The lowest BCUT2D eigenvalue weighted by Gasteiger charge is -2.12. The van der Waals surface area contributed by atoms with Crippen LogP contribution < -0.4 is 20.1 Å². The minimum atomic E-state index is -0.696. The average Bonchev–Trinajstić information content (AvgIpc) is 2.77. The highest BCUT2D eigenvalue weighted by atomic mass is 16.6. The van der Waals surface area contributed by atoms with Crippen LogP contribution in [-0.2, 0) is 13.2 Å². The maximum absolute atomic E-state index is 12.2. The van der Waals surface area contributed by atoms with Gasteiger partial charge in [0.25, 0.3) is 0 Å². The monoisotopic (exact) mass is 422 g/mol. The number of carbonyl (C=O) groups excluding carboxylic acids is 2. The number of hydrogen-bond acceptors (Lipinski definition) is 6. The molecule has 3 aromatic carbocycles. The van der Waals surface area contributed by atoms with Gasteiger partial charge in [0.2, 0.25) is 0 Å².